The van der Waals surface area contributed by atoms with Gasteiger partial charge in [0.25, 0.3) is 5.91 Å². The van der Waals surface area contributed by atoms with Crippen LogP contribution in [-0.2, 0) is 4.79 Å². The monoisotopic (exact) mass is 413 g/mol. The van der Waals surface area contributed by atoms with E-state index in [4.69, 9.17) is 0 Å². The lowest BCUT2D eigenvalue weighted by atomic mass is 10.2. The van der Waals surface area contributed by atoms with Crippen molar-refractivity contribution < 1.29 is 9.69 Å². The van der Waals surface area contributed by atoms with Gasteiger partial charge in [0.1, 0.15) is 6.04 Å². The highest BCUT2D eigenvalue weighted by molar-refractivity contribution is 14.1. The minimum atomic E-state index is 0.109. The minimum absolute atomic E-state index is 0.109. The number of likely N-dealkylation sites (tertiary alicyclic amines) is 1. The maximum Gasteiger partial charge on any atom is 0.279 e. The van der Waals surface area contributed by atoms with Crippen LogP contribution in [0.15, 0.2) is 41.8 Å². The van der Waals surface area contributed by atoms with E-state index in [1.165, 1.54) is 22.6 Å². The van der Waals surface area contributed by atoms with Crippen LogP contribution in [-0.4, -0.2) is 19.0 Å². The Hall–Kier alpha value is -0.920. The molecule has 5 heteroatoms. The fourth-order valence-corrected chi connectivity index (χ4v) is 4.36. The zero-order chi connectivity index (χ0) is 14.7. The molecular weight excluding hydrogens is 395 g/mol. The Labute approximate surface area is 142 Å². The van der Waals surface area contributed by atoms with Crippen LogP contribution in [0.1, 0.15) is 23.8 Å². The van der Waals surface area contributed by atoms with Crippen LogP contribution < -0.4 is 10.2 Å². The Morgan fingerprint density at radius 2 is 2.19 bits per heavy atom. The van der Waals surface area contributed by atoms with Gasteiger partial charge in [-0.25, -0.2) is 0 Å². The first-order valence-electron chi connectivity index (χ1n) is 7.16. The van der Waals surface area contributed by atoms with Crippen molar-refractivity contribution >= 4 is 45.5 Å². The zero-order valence-electron chi connectivity index (χ0n) is 11.6. The average molecular weight is 413 g/mol. The molecule has 1 fully saturated rings. The highest BCUT2D eigenvalue weighted by atomic mass is 127. The SMILES string of the molecule is O=C(C[NH+]1CCC[C@@H]1c1cccs1)Nc1ccccc1I. The van der Waals surface area contributed by atoms with Crippen LogP contribution in [0.3, 0.4) is 0 Å². The van der Waals surface area contributed by atoms with Gasteiger partial charge in [-0.3, -0.25) is 4.79 Å². The number of benzene rings is 1. The maximum atomic E-state index is 12.3. The lowest BCUT2D eigenvalue weighted by Gasteiger charge is -2.20. The summed E-state index contributed by atoms with van der Waals surface area (Å²) in [6.45, 7) is 1.63. The number of anilines is 1. The number of rotatable bonds is 4. The molecule has 1 unspecified atom stereocenters. The molecule has 0 spiro atoms. The lowest BCUT2D eigenvalue weighted by Crippen LogP contribution is -3.11. The first kappa shape index (κ1) is 15.0. The number of quaternary nitrogens is 1. The third kappa shape index (κ3) is 3.64. The summed E-state index contributed by atoms with van der Waals surface area (Å²) in [4.78, 5) is 15.1. The van der Waals surface area contributed by atoms with Crippen molar-refractivity contribution in [3.63, 3.8) is 0 Å². The van der Waals surface area contributed by atoms with Crippen molar-refractivity contribution in [2.24, 2.45) is 0 Å². The van der Waals surface area contributed by atoms with E-state index in [1.54, 1.807) is 11.3 Å². The van der Waals surface area contributed by atoms with Crippen LogP contribution in [0.2, 0.25) is 0 Å². The predicted molar refractivity (Wildman–Crippen MR) is 94.8 cm³/mol. The van der Waals surface area contributed by atoms with Gasteiger partial charge in [0, 0.05) is 16.4 Å². The van der Waals surface area contributed by atoms with E-state index in [9.17, 15) is 4.79 Å². The van der Waals surface area contributed by atoms with E-state index in [1.807, 2.05) is 24.3 Å². The summed E-state index contributed by atoms with van der Waals surface area (Å²) in [7, 11) is 0. The number of para-hydroxylation sites is 1. The number of carbonyl (C=O) groups excluding carboxylic acids is 1. The first-order valence-corrected chi connectivity index (χ1v) is 9.12. The van der Waals surface area contributed by atoms with E-state index in [0.717, 1.165) is 15.8 Å². The summed E-state index contributed by atoms with van der Waals surface area (Å²) in [6.07, 6.45) is 2.39. The molecule has 1 aliphatic heterocycles. The zero-order valence-corrected chi connectivity index (χ0v) is 14.6. The Kier molecular flexibility index (Phi) is 4.92. The van der Waals surface area contributed by atoms with Crippen molar-refractivity contribution in [2.45, 2.75) is 18.9 Å². The molecule has 2 atom stereocenters. The summed E-state index contributed by atoms with van der Waals surface area (Å²) in [6, 6.07) is 12.7. The van der Waals surface area contributed by atoms with Crippen LogP contribution in [0.25, 0.3) is 0 Å². The van der Waals surface area contributed by atoms with Gasteiger partial charge < -0.3 is 10.2 Å². The molecule has 2 aromatic rings. The topological polar surface area (TPSA) is 33.5 Å². The molecule has 1 saturated heterocycles. The molecule has 21 heavy (non-hydrogen) atoms. The summed E-state index contributed by atoms with van der Waals surface area (Å²) in [5, 5.41) is 5.16. The van der Waals surface area contributed by atoms with Crippen molar-refractivity contribution in [3.05, 3.63) is 50.2 Å². The van der Waals surface area contributed by atoms with Gasteiger partial charge in [0.2, 0.25) is 0 Å². The predicted octanol–water partition coefficient (Wildman–Crippen LogP) is 2.71. The van der Waals surface area contributed by atoms with Crippen LogP contribution >= 0.6 is 33.9 Å². The summed E-state index contributed by atoms with van der Waals surface area (Å²) >= 11 is 4.05. The second kappa shape index (κ2) is 6.89. The van der Waals surface area contributed by atoms with Crippen LogP contribution in [0, 0.1) is 3.57 Å². The third-order valence-corrected chi connectivity index (χ3v) is 5.83. The number of carbonyl (C=O) groups is 1. The van der Waals surface area contributed by atoms with Gasteiger partial charge in [-0.05, 0) is 46.2 Å². The van der Waals surface area contributed by atoms with Crippen molar-refractivity contribution in [1.29, 1.82) is 0 Å². The number of thiophene rings is 1. The standard InChI is InChI=1S/C16H17IN2OS/c17-12-5-1-2-6-13(12)18-16(20)11-19-9-3-7-14(19)15-8-4-10-21-15/h1-2,4-6,8,10,14H,3,7,9,11H2,(H,18,20)/p+1/t14-/m1/s1. The molecule has 1 aromatic carbocycles. The summed E-state index contributed by atoms with van der Waals surface area (Å²) in [5.74, 6) is 0.109. The number of hydrogen-bond acceptors (Lipinski definition) is 2. The minimum Gasteiger partial charge on any atom is -0.320 e. The highest BCUT2D eigenvalue weighted by Gasteiger charge is 2.32. The van der Waals surface area contributed by atoms with Gasteiger partial charge in [0.15, 0.2) is 6.54 Å². The van der Waals surface area contributed by atoms with Crippen LogP contribution in [0.5, 0.6) is 0 Å². The van der Waals surface area contributed by atoms with Crippen LogP contribution in [0.4, 0.5) is 5.69 Å². The fraction of sp³-hybridized carbons (Fsp3) is 0.312. The first-order chi connectivity index (χ1) is 10.2. The summed E-state index contributed by atoms with van der Waals surface area (Å²) in [5.41, 5.74) is 0.911. The second-order valence-electron chi connectivity index (χ2n) is 5.32. The Bertz CT molecular complexity index is 614. The van der Waals surface area contributed by atoms with Crippen molar-refractivity contribution in [2.75, 3.05) is 18.4 Å². The highest BCUT2D eigenvalue weighted by Crippen LogP contribution is 2.23. The van der Waals surface area contributed by atoms with Gasteiger partial charge in [0.05, 0.1) is 17.1 Å². The number of halogens is 1. The Balaban J connectivity index is 1.63. The molecule has 1 amide bonds. The average Bonchev–Trinajstić information content (AvgIpc) is 3.11. The van der Waals surface area contributed by atoms with Gasteiger partial charge in [-0.1, -0.05) is 18.2 Å². The summed E-state index contributed by atoms with van der Waals surface area (Å²) < 4.78 is 1.08. The number of hydrogen-bond donors (Lipinski definition) is 2. The number of nitrogens with one attached hydrogen (secondary N) is 2. The molecule has 3 rings (SSSR count). The second-order valence-corrected chi connectivity index (χ2v) is 7.46. The molecule has 3 nitrogen and oxygen atoms in total. The molecule has 2 heterocycles. The smallest absolute Gasteiger partial charge is 0.279 e. The molecule has 0 saturated carbocycles. The normalized spacial score (nSPS) is 21.4. The van der Waals surface area contributed by atoms with Crippen molar-refractivity contribution in [1.82, 2.24) is 0 Å². The molecule has 0 aliphatic carbocycles. The van der Waals surface area contributed by atoms with E-state index >= 15 is 0 Å². The lowest BCUT2D eigenvalue weighted by molar-refractivity contribution is -0.910. The Morgan fingerprint density at radius 1 is 1.33 bits per heavy atom. The van der Waals surface area contributed by atoms with E-state index in [2.05, 4.69) is 45.4 Å². The molecule has 2 N–H and O–H groups in total. The molecule has 110 valence electrons. The van der Waals surface area contributed by atoms with E-state index in [-0.39, 0.29) is 5.91 Å². The third-order valence-electron chi connectivity index (χ3n) is 3.91. The quantitative estimate of drug-likeness (QED) is 0.743. The molecule has 1 aliphatic rings. The van der Waals surface area contributed by atoms with Gasteiger partial charge >= 0.3 is 0 Å². The maximum absolute atomic E-state index is 12.3. The van der Waals surface area contributed by atoms with Crippen molar-refractivity contribution in [3.8, 4) is 0 Å². The van der Waals surface area contributed by atoms with E-state index < -0.39 is 0 Å². The Morgan fingerprint density at radius 3 is 2.95 bits per heavy atom. The van der Waals surface area contributed by atoms with Gasteiger partial charge in [-0.15, -0.1) is 11.3 Å². The largest absolute Gasteiger partial charge is 0.320 e. The van der Waals surface area contributed by atoms with Gasteiger partial charge in [-0.2, -0.15) is 0 Å². The molecule has 1 aromatic heterocycles. The molecule has 0 bridgehead atoms. The van der Waals surface area contributed by atoms with E-state index in [0.29, 0.717) is 12.6 Å². The molecule has 0 radical (unpaired) electrons. The number of amides is 1. The fourth-order valence-electron chi connectivity index (χ4n) is 2.92. The molecular formula is C16H18IN2OS+.